The van der Waals surface area contributed by atoms with Crippen molar-refractivity contribution in [2.75, 3.05) is 0 Å². The van der Waals surface area contributed by atoms with Gasteiger partial charge in [0.15, 0.2) is 0 Å². The van der Waals surface area contributed by atoms with Crippen molar-refractivity contribution in [1.29, 1.82) is 0 Å². The lowest BCUT2D eigenvalue weighted by Gasteiger charge is -2.20. The fourth-order valence-corrected chi connectivity index (χ4v) is 2.33. The van der Waals surface area contributed by atoms with Gasteiger partial charge in [0.25, 0.3) is 0 Å². The summed E-state index contributed by atoms with van der Waals surface area (Å²) in [6.45, 7) is 7.09. The van der Waals surface area contributed by atoms with Crippen molar-refractivity contribution in [3.05, 3.63) is 11.4 Å². The molecule has 0 amide bonds. The Morgan fingerprint density at radius 3 is 2.22 bits per heavy atom. The number of rotatable bonds is 1. The molecule has 0 aliphatic carbocycles. The van der Waals surface area contributed by atoms with E-state index in [4.69, 9.17) is 4.74 Å². The standard InChI is InChI=1S/C12H18BFO2P2/c1-5-9(17)7(14)6(13)8(10(5)18)16-11(15)12(2,3)4/h13,17-18H2,1-4H3. The van der Waals surface area contributed by atoms with E-state index in [-0.39, 0.29) is 11.8 Å². The Bertz CT molecular complexity index is 481. The summed E-state index contributed by atoms with van der Waals surface area (Å²) in [7, 11) is 6.50. The number of hydrogen-bond acceptors (Lipinski definition) is 2. The van der Waals surface area contributed by atoms with Crippen molar-refractivity contribution < 1.29 is 13.9 Å². The lowest BCUT2D eigenvalue weighted by Crippen LogP contribution is -2.34. The first-order valence-corrected chi connectivity index (χ1v) is 6.78. The minimum Gasteiger partial charge on any atom is -0.426 e. The Morgan fingerprint density at radius 1 is 1.28 bits per heavy atom. The maximum atomic E-state index is 14.0. The molecule has 0 aliphatic heterocycles. The quantitative estimate of drug-likeness (QED) is 0.322. The molecule has 0 aromatic heterocycles. The lowest BCUT2D eigenvalue weighted by molar-refractivity contribution is -0.142. The Labute approximate surface area is 113 Å². The molecule has 0 N–H and O–H groups in total. The molecule has 2 nitrogen and oxygen atoms in total. The molecule has 0 aliphatic rings. The molecule has 0 bridgehead atoms. The van der Waals surface area contributed by atoms with Crippen LogP contribution in [0.3, 0.4) is 0 Å². The molecule has 0 radical (unpaired) electrons. The van der Waals surface area contributed by atoms with E-state index in [1.54, 1.807) is 35.5 Å². The highest BCUT2D eigenvalue weighted by atomic mass is 31.0. The van der Waals surface area contributed by atoms with Gasteiger partial charge in [0.05, 0.1) is 5.41 Å². The van der Waals surface area contributed by atoms with E-state index in [2.05, 4.69) is 18.5 Å². The summed E-state index contributed by atoms with van der Waals surface area (Å²) in [5.41, 5.74) is 0.492. The number of carbonyl (C=O) groups is 1. The predicted octanol–water partition coefficient (Wildman–Crippen LogP) is 0.345. The first kappa shape index (κ1) is 15.6. The van der Waals surface area contributed by atoms with E-state index in [1.165, 1.54) is 0 Å². The van der Waals surface area contributed by atoms with Crippen LogP contribution in [0.15, 0.2) is 0 Å². The second-order valence-corrected chi connectivity index (χ2v) is 6.51. The lowest BCUT2D eigenvalue weighted by atomic mass is 9.92. The first-order chi connectivity index (χ1) is 8.07. The molecule has 2 atom stereocenters. The van der Waals surface area contributed by atoms with Gasteiger partial charge in [-0.15, -0.1) is 18.5 Å². The Kier molecular flexibility index (Phi) is 4.57. The summed E-state index contributed by atoms with van der Waals surface area (Å²) in [6, 6.07) is 0. The van der Waals surface area contributed by atoms with Crippen molar-refractivity contribution in [2.24, 2.45) is 5.41 Å². The van der Waals surface area contributed by atoms with Gasteiger partial charge >= 0.3 is 5.97 Å². The van der Waals surface area contributed by atoms with E-state index in [9.17, 15) is 9.18 Å². The average molecular weight is 286 g/mol. The topological polar surface area (TPSA) is 26.3 Å². The van der Waals surface area contributed by atoms with Crippen molar-refractivity contribution in [1.82, 2.24) is 0 Å². The number of halogens is 1. The third-order valence-corrected chi connectivity index (χ3v) is 4.15. The molecule has 0 heterocycles. The Hall–Kier alpha value is -0.455. The zero-order valence-corrected chi connectivity index (χ0v) is 13.7. The highest BCUT2D eigenvalue weighted by Crippen LogP contribution is 2.20. The zero-order valence-electron chi connectivity index (χ0n) is 11.3. The molecular formula is C12H18BFO2P2. The summed E-state index contributed by atoms with van der Waals surface area (Å²) in [6.07, 6.45) is 0. The molecule has 0 saturated carbocycles. The molecular weight excluding hydrogens is 268 g/mol. The summed E-state index contributed by atoms with van der Waals surface area (Å²) in [5, 5.41) is 1.23. The average Bonchev–Trinajstić information content (AvgIpc) is 2.28. The van der Waals surface area contributed by atoms with Gasteiger partial charge in [0, 0.05) is 10.6 Å². The number of carbonyl (C=O) groups excluding carboxylic acids is 1. The summed E-state index contributed by atoms with van der Waals surface area (Å²) in [4.78, 5) is 11.9. The van der Waals surface area contributed by atoms with Gasteiger partial charge in [-0.1, -0.05) is 0 Å². The number of benzene rings is 1. The van der Waals surface area contributed by atoms with Crippen molar-refractivity contribution >= 4 is 48.4 Å². The monoisotopic (exact) mass is 286 g/mol. The van der Waals surface area contributed by atoms with Crippen molar-refractivity contribution in [3.63, 3.8) is 0 Å². The fourth-order valence-electron chi connectivity index (χ4n) is 1.36. The van der Waals surface area contributed by atoms with Gasteiger partial charge in [-0.2, -0.15) is 0 Å². The summed E-state index contributed by atoms with van der Waals surface area (Å²) >= 11 is 0. The Balaban J connectivity index is 3.31. The van der Waals surface area contributed by atoms with E-state index in [0.717, 1.165) is 10.9 Å². The fraction of sp³-hybridized carbons (Fsp3) is 0.417. The van der Waals surface area contributed by atoms with Gasteiger partial charge in [0.1, 0.15) is 19.4 Å². The highest BCUT2D eigenvalue weighted by molar-refractivity contribution is 7.30. The van der Waals surface area contributed by atoms with Gasteiger partial charge in [0.2, 0.25) is 0 Å². The zero-order chi connectivity index (χ0) is 14.2. The normalized spacial score (nSPS) is 11.5. The molecule has 18 heavy (non-hydrogen) atoms. The molecule has 1 aromatic rings. The van der Waals surface area contributed by atoms with Crippen LogP contribution in [0.25, 0.3) is 0 Å². The van der Waals surface area contributed by atoms with Crippen LogP contribution in [-0.2, 0) is 4.79 Å². The number of hydrogen-bond donors (Lipinski definition) is 0. The highest BCUT2D eigenvalue weighted by Gasteiger charge is 2.26. The van der Waals surface area contributed by atoms with Gasteiger partial charge in [-0.25, -0.2) is 4.39 Å². The first-order valence-electron chi connectivity index (χ1n) is 5.63. The van der Waals surface area contributed by atoms with Gasteiger partial charge in [-0.05, 0) is 38.7 Å². The molecule has 0 fully saturated rings. The third-order valence-electron chi connectivity index (χ3n) is 2.77. The summed E-state index contributed by atoms with van der Waals surface area (Å²) < 4.78 is 19.3. The Morgan fingerprint density at radius 2 is 1.78 bits per heavy atom. The van der Waals surface area contributed by atoms with Gasteiger partial charge in [-0.3, -0.25) is 4.79 Å². The molecule has 1 aromatic carbocycles. The summed E-state index contributed by atoms with van der Waals surface area (Å²) in [5.74, 6) is -0.411. The number of ether oxygens (including phenoxy) is 1. The maximum Gasteiger partial charge on any atom is 0.316 e. The second kappa shape index (κ2) is 5.27. The molecule has 2 unspecified atom stereocenters. The van der Waals surface area contributed by atoms with Crippen LogP contribution < -0.4 is 20.8 Å². The smallest absolute Gasteiger partial charge is 0.316 e. The van der Waals surface area contributed by atoms with E-state index in [1.807, 2.05) is 0 Å². The van der Waals surface area contributed by atoms with E-state index >= 15 is 0 Å². The molecule has 98 valence electrons. The van der Waals surface area contributed by atoms with Crippen molar-refractivity contribution in [2.45, 2.75) is 27.7 Å². The number of esters is 1. The van der Waals surface area contributed by atoms with Crippen molar-refractivity contribution in [3.8, 4) is 5.75 Å². The minimum absolute atomic E-state index is 0.307. The predicted molar refractivity (Wildman–Crippen MR) is 83.1 cm³/mol. The molecule has 0 saturated heterocycles. The van der Waals surface area contributed by atoms with Crippen LogP contribution in [0, 0.1) is 18.2 Å². The molecule has 1 rings (SSSR count). The minimum atomic E-state index is -0.617. The van der Waals surface area contributed by atoms with Crippen LogP contribution >= 0.6 is 18.5 Å². The van der Waals surface area contributed by atoms with E-state index in [0.29, 0.717) is 16.5 Å². The largest absolute Gasteiger partial charge is 0.426 e. The molecule has 6 heteroatoms. The van der Waals surface area contributed by atoms with Gasteiger partial charge < -0.3 is 4.74 Å². The van der Waals surface area contributed by atoms with Crippen LogP contribution in [-0.4, -0.2) is 13.8 Å². The second-order valence-electron chi connectivity index (χ2n) is 5.36. The SMILES string of the molecule is Bc1c(F)c(P)c(C)c(P)c1OC(=O)C(C)(C)C. The van der Waals surface area contributed by atoms with Crippen LogP contribution in [0.2, 0.25) is 0 Å². The maximum absolute atomic E-state index is 14.0. The third kappa shape index (κ3) is 2.92. The van der Waals surface area contributed by atoms with Crippen LogP contribution in [0.5, 0.6) is 5.75 Å². The molecule has 0 spiro atoms. The van der Waals surface area contributed by atoms with E-state index < -0.39 is 5.41 Å². The van der Waals surface area contributed by atoms with Crippen LogP contribution in [0.4, 0.5) is 4.39 Å². The van der Waals surface area contributed by atoms with Crippen LogP contribution in [0.1, 0.15) is 26.3 Å².